The van der Waals surface area contributed by atoms with Crippen molar-refractivity contribution in [3.63, 3.8) is 0 Å². The Hall–Kier alpha value is -2.02. The highest BCUT2D eigenvalue weighted by Crippen LogP contribution is 2.36. The van der Waals surface area contributed by atoms with Crippen LogP contribution in [-0.4, -0.2) is 19.3 Å². The first kappa shape index (κ1) is 16.8. The molecule has 3 aromatic rings. The number of halogens is 2. The smallest absolute Gasteiger partial charge is 0.391 e. The van der Waals surface area contributed by atoms with Crippen molar-refractivity contribution < 1.29 is 27.5 Å². The third-order valence-electron chi connectivity index (χ3n) is 3.44. The molecule has 0 aliphatic carbocycles. The molecule has 6 nitrogen and oxygen atoms in total. The second kappa shape index (κ2) is 5.81. The van der Waals surface area contributed by atoms with E-state index in [9.17, 15) is 13.3 Å². The summed E-state index contributed by atoms with van der Waals surface area (Å²) in [5.74, 6) is -1.47. The number of furan rings is 1. The fourth-order valence-electron chi connectivity index (χ4n) is 2.46. The number of hydrogen-bond acceptors (Lipinski definition) is 3. The molecule has 24 heavy (non-hydrogen) atoms. The molecule has 9 heteroatoms. The molecular formula is C15H15F2N2O4P. The van der Waals surface area contributed by atoms with Crippen LogP contribution in [0.15, 0.2) is 28.7 Å². The molecule has 0 amide bonds. The van der Waals surface area contributed by atoms with Crippen molar-refractivity contribution in [2.45, 2.75) is 20.4 Å². The predicted molar refractivity (Wildman–Crippen MR) is 83.9 cm³/mol. The van der Waals surface area contributed by atoms with Gasteiger partial charge in [-0.2, -0.15) is 0 Å². The fourth-order valence-corrected chi connectivity index (χ4v) is 2.95. The molecule has 0 unspecified atom stereocenters. The summed E-state index contributed by atoms with van der Waals surface area (Å²) < 4.78 is 45.2. The summed E-state index contributed by atoms with van der Waals surface area (Å²) in [7, 11) is -4.53. The molecule has 2 N–H and O–H groups in total. The Morgan fingerprint density at radius 3 is 2.50 bits per heavy atom. The average Bonchev–Trinajstić information content (AvgIpc) is 3.05. The zero-order valence-electron chi connectivity index (χ0n) is 12.9. The van der Waals surface area contributed by atoms with Crippen LogP contribution in [0.5, 0.6) is 0 Å². The van der Waals surface area contributed by atoms with Crippen molar-refractivity contribution in [3.8, 4) is 11.6 Å². The van der Waals surface area contributed by atoms with E-state index in [4.69, 9.17) is 14.2 Å². The van der Waals surface area contributed by atoms with E-state index in [1.165, 1.54) is 6.07 Å². The summed E-state index contributed by atoms with van der Waals surface area (Å²) in [5, 5.41) is 0. The molecule has 0 fully saturated rings. The lowest BCUT2D eigenvalue weighted by molar-refractivity contribution is 0.377. The van der Waals surface area contributed by atoms with Gasteiger partial charge in [0, 0.05) is 18.7 Å². The maximum Gasteiger partial charge on any atom is 0.391 e. The van der Waals surface area contributed by atoms with E-state index in [2.05, 4.69) is 4.98 Å². The van der Waals surface area contributed by atoms with Crippen molar-refractivity contribution in [3.05, 3.63) is 35.9 Å². The van der Waals surface area contributed by atoms with Crippen LogP contribution < -0.4 is 5.50 Å². The molecule has 2 heterocycles. The quantitative estimate of drug-likeness (QED) is 0.702. The third kappa shape index (κ3) is 3.00. The second-order valence-electron chi connectivity index (χ2n) is 5.88. The Morgan fingerprint density at radius 1 is 1.25 bits per heavy atom. The second-order valence-corrected chi connectivity index (χ2v) is 7.41. The van der Waals surface area contributed by atoms with Crippen LogP contribution in [-0.2, 0) is 11.1 Å². The molecular weight excluding hydrogens is 341 g/mol. The van der Waals surface area contributed by atoms with Crippen LogP contribution in [0.2, 0.25) is 0 Å². The third-order valence-corrected chi connectivity index (χ3v) is 4.25. The Morgan fingerprint density at radius 2 is 1.92 bits per heavy atom. The first-order chi connectivity index (χ1) is 11.2. The molecule has 2 aromatic heterocycles. The first-order valence-electron chi connectivity index (χ1n) is 7.18. The highest BCUT2D eigenvalue weighted by atomic mass is 31.2. The van der Waals surface area contributed by atoms with E-state index in [1.807, 2.05) is 13.8 Å². The molecule has 0 radical (unpaired) electrons. The van der Waals surface area contributed by atoms with Gasteiger partial charge in [0.15, 0.2) is 23.2 Å². The van der Waals surface area contributed by atoms with E-state index in [0.717, 1.165) is 18.2 Å². The van der Waals surface area contributed by atoms with Gasteiger partial charge in [-0.3, -0.25) is 4.57 Å². The normalized spacial score (nSPS) is 12.5. The summed E-state index contributed by atoms with van der Waals surface area (Å²) in [6.07, 6.45) is 0. The summed E-state index contributed by atoms with van der Waals surface area (Å²) in [4.78, 5) is 22.6. The number of nitrogens with zero attached hydrogens (tertiary/aromatic N) is 2. The van der Waals surface area contributed by atoms with E-state index in [-0.39, 0.29) is 23.0 Å². The summed E-state index contributed by atoms with van der Waals surface area (Å²) in [6, 6.07) is 4.57. The van der Waals surface area contributed by atoms with Crippen LogP contribution >= 0.6 is 7.60 Å². The minimum absolute atomic E-state index is 0.117. The van der Waals surface area contributed by atoms with Crippen LogP contribution in [0, 0.1) is 17.6 Å². The standard InChI is InChI=1S/C15H15F2N2O4P/c1-8(2)7-19-12-6-10(17)9(16)5-11(12)18-15(19)13-3-4-14(23-13)24(20,21)22/h3-6,8H,7H2,1-2H3,(H2,20,21,22). The maximum atomic E-state index is 13.6. The molecule has 0 spiro atoms. The van der Waals surface area contributed by atoms with Gasteiger partial charge >= 0.3 is 7.60 Å². The zero-order valence-corrected chi connectivity index (χ0v) is 13.8. The average molecular weight is 356 g/mol. The lowest BCUT2D eigenvalue weighted by Crippen LogP contribution is -2.06. The van der Waals surface area contributed by atoms with Gasteiger partial charge in [0.1, 0.15) is 0 Å². The largest absolute Gasteiger partial charge is 0.445 e. The number of aromatic nitrogens is 2. The van der Waals surface area contributed by atoms with Gasteiger partial charge in [0.05, 0.1) is 11.0 Å². The molecule has 0 atom stereocenters. The van der Waals surface area contributed by atoms with Gasteiger partial charge in [-0.25, -0.2) is 13.8 Å². The molecule has 0 aliphatic rings. The van der Waals surface area contributed by atoms with Gasteiger partial charge in [-0.05, 0) is 18.1 Å². The van der Waals surface area contributed by atoms with Crippen molar-refractivity contribution in [2.75, 3.05) is 0 Å². The molecule has 128 valence electrons. The minimum atomic E-state index is -4.53. The Balaban J connectivity index is 2.22. The molecule has 0 saturated carbocycles. The summed E-state index contributed by atoms with van der Waals surface area (Å²) >= 11 is 0. The maximum absolute atomic E-state index is 13.6. The van der Waals surface area contributed by atoms with E-state index in [0.29, 0.717) is 12.1 Å². The van der Waals surface area contributed by atoms with Crippen LogP contribution in [0.4, 0.5) is 8.78 Å². The Kier molecular flexibility index (Phi) is 4.07. The van der Waals surface area contributed by atoms with Crippen molar-refractivity contribution in [2.24, 2.45) is 5.92 Å². The lowest BCUT2D eigenvalue weighted by atomic mass is 10.2. The minimum Gasteiger partial charge on any atom is -0.445 e. The van der Waals surface area contributed by atoms with Crippen molar-refractivity contribution in [1.82, 2.24) is 9.55 Å². The van der Waals surface area contributed by atoms with Gasteiger partial charge < -0.3 is 18.8 Å². The number of rotatable bonds is 4. The molecule has 0 aliphatic heterocycles. The molecule has 0 saturated heterocycles. The Bertz CT molecular complexity index is 958. The van der Waals surface area contributed by atoms with Crippen molar-refractivity contribution in [1.29, 1.82) is 0 Å². The number of fused-ring (bicyclic) bond motifs is 1. The zero-order chi connectivity index (χ0) is 17.6. The Labute approximate surface area is 135 Å². The number of hydrogen-bond donors (Lipinski definition) is 2. The summed E-state index contributed by atoms with van der Waals surface area (Å²) in [5.41, 5.74) is 0.128. The number of benzene rings is 1. The first-order valence-corrected chi connectivity index (χ1v) is 8.79. The van der Waals surface area contributed by atoms with Gasteiger partial charge in [-0.15, -0.1) is 0 Å². The number of imidazole rings is 1. The predicted octanol–water partition coefficient (Wildman–Crippen LogP) is 3.03. The van der Waals surface area contributed by atoms with Crippen LogP contribution in [0.1, 0.15) is 13.8 Å². The topological polar surface area (TPSA) is 88.5 Å². The van der Waals surface area contributed by atoms with Gasteiger partial charge in [0.2, 0.25) is 5.50 Å². The summed E-state index contributed by atoms with van der Waals surface area (Å²) in [6.45, 7) is 4.33. The van der Waals surface area contributed by atoms with Crippen LogP contribution in [0.3, 0.4) is 0 Å². The lowest BCUT2D eigenvalue weighted by Gasteiger charge is -2.10. The van der Waals surface area contributed by atoms with E-state index < -0.39 is 24.7 Å². The van der Waals surface area contributed by atoms with Gasteiger partial charge in [0.25, 0.3) is 0 Å². The highest BCUT2D eigenvalue weighted by molar-refractivity contribution is 7.59. The SMILES string of the molecule is CC(C)Cn1c(-c2ccc(P(=O)(O)O)o2)nc2cc(F)c(F)cc21. The molecule has 0 bridgehead atoms. The monoisotopic (exact) mass is 356 g/mol. The van der Waals surface area contributed by atoms with E-state index in [1.54, 1.807) is 4.57 Å². The molecule has 1 aromatic carbocycles. The van der Waals surface area contributed by atoms with Crippen molar-refractivity contribution >= 4 is 24.1 Å². The van der Waals surface area contributed by atoms with Gasteiger partial charge in [-0.1, -0.05) is 13.8 Å². The van der Waals surface area contributed by atoms with Crippen LogP contribution in [0.25, 0.3) is 22.6 Å². The van der Waals surface area contributed by atoms with E-state index >= 15 is 0 Å². The molecule has 3 rings (SSSR count). The highest BCUT2D eigenvalue weighted by Gasteiger charge is 2.25. The fraction of sp³-hybridized carbons (Fsp3) is 0.267.